The van der Waals surface area contributed by atoms with Gasteiger partial charge in [-0.25, -0.2) is 0 Å². The van der Waals surface area contributed by atoms with Gasteiger partial charge in [0, 0.05) is 31.6 Å². The molecule has 2 saturated heterocycles. The minimum absolute atomic E-state index is 0.0597. The predicted molar refractivity (Wildman–Crippen MR) is 119 cm³/mol. The Labute approximate surface area is 184 Å². The highest BCUT2D eigenvalue weighted by Crippen LogP contribution is 2.42. The number of piperidine rings is 1. The van der Waals surface area contributed by atoms with Crippen LogP contribution in [0.1, 0.15) is 32.6 Å². The molecule has 172 valence electrons. The lowest BCUT2D eigenvalue weighted by Crippen LogP contribution is -2.37. The van der Waals surface area contributed by atoms with Crippen molar-refractivity contribution >= 4 is 17.5 Å². The number of carbonyl (C=O) groups excluding carboxylic acids is 2. The van der Waals surface area contributed by atoms with Crippen LogP contribution in [0, 0.1) is 11.8 Å². The number of hydrogen-bond acceptors (Lipinski definition) is 6. The average Bonchev–Trinajstić information content (AvgIpc) is 3.18. The molecule has 1 N–H and O–H groups in total. The van der Waals surface area contributed by atoms with E-state index in [0.717, 1.165) is 32.0 Å². The molecule has 0 saturated carbocycles. The maximum atomic E-state index is 12.6. The van der Waals surface area contributed by atoms with E-state index >= 15 is 0 Å². The zero-order valence-corrected chi connectivity index (χ0v) is 19.1. The molecule has 31 heavy (non-hydrogen) atoms. The summed E-state index contributed by atoms with van der Waals surface area (Å²) in [6.45, 7) is 6.59. The highest BCUT2D eigenvalue weighted by Gasteiger charge is 2.35. The highest BCUT2D eigenvalue weighted by molar-refractivity contribution is 6.00. The Bertz CT molecular complexity index is 751. The van der Waals surface area contributed by atoms with Crippen LogP contribution in [0.2, 0.25) is 0 Å². The number of nitrogens with one attached hydrogen (secondary N) is 1. The largest absolute Gasteiger partial charge is 0.493 e. The van der Waals surface area contributed by atoms with E-state index in [1.165, 1.54) is 34.2 Å². The van der Waals surface area contributed by atoms with Crippen LogP contribution in [0.3, 0.4) is 0 Å². The number of nitrogens with zero attached hydrogens (tertiary/aromatic N) is 2. The summed E-state index contributed by atoms with van der Waals surface area (Å²) in [5.41, 5.74) is 0.633. The van der Waals surface area contributed by atoms with Gasteiger partial charge in [0.25, 0.3) is 0 Å². The second kappa shape index (κ2) is 10.7. The fourth-order valence-electron chi connectivity index (χ4n) is 4.30. The van der Waals surface area contributed by atoms with Gasteiger partial charge in [-0.05, 0) is 44.8 Å². The molecule has 0 spiro atoms. The van der Waals surface area contributed by atoms with E-state index in [9.17, 15) is 9.59 Å². The first kappa shape index (κ1) is 23.2. The van der Waals surface area contributed by atoms with Crippen LogP contribution in [0.25, 0.3) is 0 Å². The SMILES string of the molecule is COc1cc(N2C[C@@H](C(=O)NCCCN3CCC(C)CC3)CC2=O)cc(OC)c1OC. The van der Waals surface area contributed by atoms with Crippen LogP contribution in [-0.4, -0.2) is 70.8 Å². The summed E-state index contributed by atoms with van der Waals surface area (Å²) in [5, 5.41) is 3.02. The molecule has 0 unspecified atom stereocenters. The minimum atomic E-state index is -0.359. The maximum absolute atomic E-state index is 12.6. The number of benzene rings is 1. The Hall–Kier alpha value is -2.48. The van der Waals surface area contributed by atoms with Crippen LogP contribution < -0.4 is 24.4 Å². The molecule has 1 aromatic carbocycles. The second-order valence-electron chi connectivity index (χ2n) is 8.46. The van der Waals surface area contributed by atoms with E-state index in [1.54, 1.807) is 17.0 Å². The molecule has 3 rings (SSSR count). The lowest BCUT2D eigenvalue weighted by molar-refractivity contribution is -0.126. The van der Waals surface area contributed by atoms with Gasteiger partial charge in [-0.1, -0.05) is 6.92 Å². The van der Waals surface area contributed by atoms with Crippen molar-refractivity contribution < 1.29 is 23.8 Å². The van der Waals surface area contributed by atoms with E-state index in [2.05, 4.69) is 17.1 Å². The topological polar surface area (TPSA) is 80.3 Å². The lowest BCUT2D eigenvalue weighted by Gasteiger charge is -2.30. The maximum Gasteiger partial charge on any atom is 0.227 e. The van der Waals surface area contributed by atoms with E-state index in [1.807, 2.05) is 0 Å². The first-order valence-corrected chi connectivity index (χ1v) is 11.1. The number of methoxy groups -OCH3 is 3. The van der Waals surface area contributed by atoms with Crippen molar-refractivity contribution in [3.63, 3.8) is 0 Å². The van der Waals surface area contributed by atoms with Crippen molar-refractivity contribution in [3.05, 3.63) is 12.1 Å². The number of ether oxygens (including phenoxy) is 3. The monoisotopic (exact) mass is 433 g/mol. The van der Waals surface area contributed by atoms with Crippen LogP contribution >= 0.6 is 0 Å². The number of amides is 2. The van der Waals surface area contributed by atoms with Crippen molar-refractivity contribution in [1.82, 2.24) is 10.2 Å². The molecule has 8 heteroatoms. The summed E-state index contributed by atoms with van der Waals surface area (Å²) in [6, 6.07) is 3.47. The fourth-order valence-corrected chi connectivity index (χ4v) is 4.30. The van der Waals surface area contributed by atoms with Gasteiger partial charge < -0.3 is 29.3 Å². The molecule has 1 aromatic rings. The molecule has 2 amide bonds. The van der Waals surface area contributed by atoms with Crippen molar-refractivity contribution in [2.75, 3.05) is 59.0 Å². The van der Waals surface area contributed by atoms with Crippen molar-refractivity contribution in [3.8, 4) is 17.2 Å². The first-order valence-electron chi connectivity index (χ1n) is 11.1. The fraction of sp³-hybridized carbons (Fsp3) is 0.652. The summed E-state index contributed by atoms with van der Waals surface area (Å²) < 4.78 is 16.1. The molecule has 2 aliphatic rings. The molecule has 8 nitrogen and oxygen atoms in total. The van der Waals surface area contributed by atoms with Crippen LogP contribution in [-0.2, 0) is 9.59 Å². The van der Waals surface area contributed by atoms with Crippen molar-refractivity contribution in [2.24, 2.45) is 11.8 Å². The summed E-state index contributed by atoms with van der Waals surface area (Å²) in [6.07, 6.45) is 3.64. The molecular formula is C23H35N3O5. The Balaban J connectivity index is 1.53. The van der Waals surface area contributed by atoms with E-state index in [4.69, 9.17) is 14.2 Å². The molecule has 2 aliphatic heterocycles. The Morgan fingerprint density at radius 2 is 1.74 bits per heavy atom. The smallest absolute Gasteiger partial charge is 0.227 e. The molecule has 0 aromatic heterocycles. The number of carbonyl (C=O) groups is 2. The lowest BCUT2D eigenvalue weighted by atomic mass is 9.99. The first-order chi connectivity index (χ1) is 15.0. The summed E-state index contributed by atoms with van der Waals surface area (Å²) in [5.74, 6) is 1.74. The Morgan fingerprint density at radius 1 is 1.10 bits per heavy atom. The third-order valence-electron chi connectivity index (χ3n) is 6.28. The summed E-state index contributed by atoms with van der Waals surface area (Å²) >= 11 is 0. The number of anilines is 1. The average molecular weight is 434 g/mol. The Kier molecular flexibility index (Phi) is 8.01. The molecule has 0 bridgehead atoms. The molecule has 2 heterocycles. The van der Waals surface area contributed by atoms with Gasteiger partial charge in [-0.2, -0.15) is 0 Å². The molecule has 0 radical (unpaired) electrons. The normalized spacial score (nSPS) is 20.1. The highest BCUT2D eigenvalue weighted by atomic mass is 16.5. The predicted octanol–water partition coefficient (Wildman–Crippen LogP) is 2.30. The third kappa shape index (κ3) is 5.61. The van der Waals surface area contributed by atoms with Gasteiger partial charge in [-0.3, -0.25) is 9.59 Å². The number of hydrogen-bond donors (Lipinski definition) is 1. The van der Waals surface area contributed by atoms with Gasteiger partial charge >= 0.3 is 0 Å². The second-order valence-corrected chi connectivity index (χ2v) is 8.46. The third-order valence-corrected chi connectivity index (χ3v) is 6.28. The zero-order valence-electron chi connectivity index (χ0n) is 19.1. The molecular weight excluding hydrogens is 398 g/mol. The van der Waals surface area contributed by atoms with Gasteiger partial charge in [-0.15, -0.1) is 0 Å². The summed E-state index contributed by atoms with van der Waals surface area (Å²) in [4.78, 5) is 29.4. The van der Waals surface area contributed by atoms with Crippen molar-refractivity contribution in [1.29, 1.82) is 0 Å². The number of likely N-dealkylation sites (tertiary alicyclic amines) is 1. The van der Waals surface area contributed by atoms with E-state index in [-0.39, 0.29) is 24.2 Å². The molecule has 0 aliphatic carbocycles. The summed E-state index contributed by atoms with van der Waals surface area (Å²) in [7, 11) is 4.61. The van der Waals surface area contributed by atoms with Crippen LogP contribution in [0.15, 0.2) is 12.1 Å². The van der Waals surface area contributed by atoms with Gasteiger partial charge in [0.15, 0.2) is 11.5 Å². The van der Waals surface area contributed by atoms with E-state index < -0.39 is 0 Å². The Morgan fingerprint density at radius 3 is 2.32 bits per heavy atom. The van der Waals surface area contributed by atoms with Gasteiger partial charge in [0.2, 0.25) is 17.6 Å². The van der Waals surface area contributed by atoms with E-state index in [0.29, 0.717) is 36.0 Å². The van der Waals surface area contributed by atoms with Crippen LogP contribution in [0.5, 0.6) is 17.2 Å². The minimum Gasteiger partial charge on any atom is -0.493 e. The van der Waals surface area contributed by atoms with Crippen LogP contribution in [0.4, 0.5) is 5.69 Å². The standard InChI is InChI=1S/C23H35N3O5/c1-16-6-10-25(11-7-16)9-5-8-24-23(28)17-12-21(27)26(15-17)18-13-19(29-2)22(31-4)20(14-18)30-3/h13-14,16-17H,5-12,15H2,1-4H3,(H,24,28)/t17-/m0/s1. The van der Waals surface area contributed by atoms with Gasteiger partial charge in [0.05, 0.1) is 32.9 Å². The van der Waals surface area contributed by atoms with Crippen molar-refractivity contribution in [2.45, 2.75) is 32.6 Å². The number of rotatable bonds is 9. The van der Waals surface area contributed by atoms with Gasteiger partial charge in [0.1, 0.15) is 0 Å². The molecule has 1 atom stereocenters. The molecule has 2 fully saturated rings. The quantitative estimate of drug-likeness (QED) is 0.602. The zero-order chi connectivity index (χ0) is 22.4.